The molecule has 0 aliphatic carbocycles. The zero-order valence-electron chi connectivity index (χ0n) is 11.7. The Bertz CT molecular complexity index is 298. The third-order valence-corrected chi connectivity index (χ3v) is 8.13. The standard InChI is InChI=1S/C13H25NO2Si/c1-6-17(7-2,8-3)16-14-12(9-11(4)5)10-13(14)15/h9,12H,6-8,10H2,1-5H3. The third-order valence-electron chi connectivity index (χ3n) is 3.68. The monoisotopic (exact) mass is 255 g/mol. The average molecular weight is 255 g/mol. The van der Waals surface area contributed by atoms with Gasteiger partial charge < -0.3 is 4.53 Å². The van der Waals surface area contributed by atoms with E-state index in [2.05, 4.69) is 40.7 Å². The van der Waals surface area contributed by atoms with E-state index >= 15 is 0 Å². The van der Waals surface area contributed by atoms with Gasteiger partial charge in [-0.3, -0.25) is 4.79 Å². The molecule has 1 amide bonds. The Hall–Kier alpha value is -0.613. The molecular weight excluding hydrogens is 230 g/mol. The SMILES string of the molecule is CC[Si](CC)(CC)ON1C(=O)CC1C=C(C)C. The van der Waals surface area contributed by atoms with Gasteiger partial charge >= 0.3 is 0 Å². The van der Waals surface area contributed by atoms with E-state index in [-0.39, 0.29) is 11.9 Å². The summed E-state index contributed by atoms with van der Waals surface area (Å²) in [7, 11) is -1.71. The lowest BCUT2D eigenvalue weighted by molar-refractivity contribution is -0.188. The molecular formula is C13H25NO2Si. The molecule has 0 radical (unpaired) electrons. The number of hydroxylamine groups is 2. The van der Waals surface area contributed by atoms with Gasteiger partial charge in [-0.1, -0.05) is 32.4 Å². The van der Waals surface area contributed by atoms with Crippen LogP contribution < -0.4 is 0 Å². The van der Waals surface area contributed by atoms with Crippen LogP contribution in [0.3, 0.4) is 0 Å². The molecule has 1 fully saturated rings. The van der Waals surface area contributed by atoms with Gasteiger partial charge in [-0.05, 0) is 32.0 Å². The summed E-state index contributed by atoms with van der Waals surface area (Å²) < 4.78 is 6.13. The second-order valence-electron chi connectivity index (χ2n) is 5.07. The quantitative estimate of drug-likeness (QED) is 0.413. The van der Waals surface area contributed by atoms with E-state index in [0.717, 1.165) is 18.1 Å². The smallest absolute Gasteiger partial charge is 0.248 e. The topological polar surface area (TPSA) is 29.5 Å². The Balaban J connectivity index is 2.71. The van der Waals surface area contributed by atoms with Crippen LogP contribution in [0.15, 0.2) is 11.6 Å². The highest BCUT2D eigenvalue weighted by atomic mass is 28.4. The molecule has 0 bridgehead atoms. The Kier molecular flexibility index (Phi) is 4.95. The van der Waals surface area contributed by atoms with Gasteiger partial charge in [0.05, 0.1) is 12.5 Å². The molecule has 98 valence electrons. The third kappa shape index (κ3) is 3.19. The fourth-order valence-electron chi connectivity index (χ4n) is 2.21. The van der Waals surface area contributed by atoms with Crippen LogP contribution >= 0.6 is 0 Å². The normalized spacial score (nSPS) is 20.2. The van der Waals surface area contributed by atoms with E-state index in [1.54, 1.807) is 5.06 Å². The number of hydrogen-bond acceptors (Lipinski definition) is 2. The predicted molar refractivity (Wildman–Crippen MR) is 73.0 cm³/mol. The number of allylic oxidation sites excluding steroid dienone is 1. The second kappa shape index (κ2) is 5.82. The number of carbonyl (C=O) groups excluding carboxylic acids is 1. The van der Waals surface area contributed by atoms with Crippen molar-refractivity contribution in [3.05, 3.63) is 11.6 Å². The van der Waals surface area contributed by atoms with Crippen LogP contribution in [0, 0.1) is 0 Å². The molecule has 1 saturated heterocycles. The lowest BCUT2D eigenvalue weighted by Gasteiger charge is -2.43. The minimum Gasteiger partial charge on any atom is -0.316 e. The Morgan fingerprint density at radius 1 is 1.35 bits per heavy atom. The lowest BCUT2D eigenvalue weighted by atomic mass is 10.0. The average Bonchev–Trinajstić information content (AvgIpc) is 2.30. The first-order valence-electron chi connectivity index (χ1n) is 6.64. The number of rotatable bonds is 6. The molecule has 1 heterocycles. The number of β-lactam (4-membered cyclic amide) rings is 1. The first-order valence-corrected chi connectivity index (χ1v) is 9.17. The molecule has 0 aromatic rings. The number of carbonyl (C=O) groups is 1. The van der Waals surface area contributed by atoms with Crippen molar-refractivity contribution in [2.75, 3.05) is 0 Å². The van der Waals surface area contributed by atoms with Crippen molar-refractivity contribution in [2.45, 2.75) is 65.2 Å². The van der Waals surface area contributed by atoms with Crippen molar-refractivity contribution >= 4 is 14.2 Å². The first kappa shape index (κ1) is 14.4. The molecule has 1 aliphatic heterocycles. The van der Waals surface area contributed by atoms with Crippen LogP contribution in [0.4, 0.5) is 0 Å². The van der Waals surface area contributed by atoms with Crippen LogP contribution in [-0.4, -0.2) is 25.3 Å². The fraction of sp³-hybridized carbons (Fsp3) is 0.769. The highest BCUT2D eigenvalue weighted by molar-refractivity contribution is 6.73. The van der Waals surface area contributed by atoms with Crippen molar-refractivity contribution in [2.24, 2.45) is 0 Å². The Morgan fingerprint density at radius 3 is 2.24 bits per heavy atom. The van der Waals surface area contributed by atoms with E-state index in [1.807, 2.05) is 0 Å². The maximum Gasteiger partial charge on any atom is 0.248 e. The summed E-state index contributed by atoms with van der Waals surface area (Å²) >= 11 is 0. The molecule has 1 atom stereocenters. The maximum atomic E-state index is 11.6. The molecule has 17 heavy (non-hydrogen) atoms. The minimum absolute atomic E-state index is 0.139. The molecule has 0 spiro atoms. The fourth-order valence-corrected chi connectivity index (χ4v) is 4.75. The molecule has 0 saturated carbocycles. The minimum atomic E-state index is -1.71. The zero-order chi connectivity index (χ0) is 13.1. The molecule has 3 nitrogen and oxygen atoms in total. The zero-order valence-corrected chi connectivity index (χ0v) is 12.7. The summed E-state index contributed by atoms with van der Waals surface area (Å²) in [5.41, 5.74) is 1.24. The number of amides is 1. The van der Waals surface area contributed by atoms with E-state index in [9.17, 15) is 4.79 Å². The number of hydrogen-bond donors (Lipinski definition) is 0. The van der Waals surface area contributed by atoms with Gasteiger partial charge in [0.25, 0.3) is 0 Å². The Morgan fingerprint density at radius 2 is 1.88 bits per heavy atom. The van der Waals surface area contributed by atoms with Crippen molar-refractivity contribution < 1.29 is 9.32 Å². The van der Waals surface area contributed by atoms with E-state index in [4.69, 9.17) is 4.53 Å². The molecule has 1 unspecified atom stereocenters. The van der Waals surface area contributed by atoms with Crippen molar-refractivity contribution in [1.82, 2.24) is 5.06 Å². The number of nitrogens with zero attached hydrogens (tertiary/aromatic N) is 1. The largest absolute Gasteiger partial charge is 0.316 e. The van der Waals surface area contributed by atoms with Crippen molar-refractivity contribution in [3.8, 4) is 0 Å². The molecule has 0 aromatic heterocycles. The van der Waals surface area contributed by atoms with Gasteiger partial charge in [0.1, 0.15) is 0 Å². The summed E-state index contributed by atoms with van der Waals surface area (Å²) in [5.74, 6) is 0.139. The second-order valence-corrected chi connectivity index (χ2v) is 9.74. The van der Waals surface area contributed by atoms with Crippen LogP contribution in [0.5, 0.6) is 0 Å². The van der Waals surface area contributed by atoms with Gasteiger partial charge in [-0.2, -0.15) is 0 Å². The van der Waals surface area contributed by atoms with E-state index in [1.165, 1.54) is 5.57 Å². The molecule has 0 N–H and O–H groups in total. The predicted octanol–water partition coefficient (Wildman–Crippen LogP) is 3.49. The van der Waals surface area contributed by atoms with Crippen molar-refractivity contribution in [1.29, 1.82) is 0 Å². The maximum absolute atomic E-state index is 11.6. The van der Waals surface area contributed by atoms with Gasteiger partial charge in [0, 0.05) is 0 Å². The van der Waals surface area contributed by atoms with Crippen LogP contribution in [0.2, 0.25) is 18.1 Å². The summed E-state index contributed by atoms with van der Waals surface area (Å²) in [5, 5.41) is 1.63. The Labute approximate surface area is 106 Å². The first-order chi connectivity index (χ1) is 7.98. The van der Waals surface area contributed by atoms with Gasteiger partial charge in [-0.25, -0.2) is 5.06 Å². The van der Waals surface area contributed by atoms with Gasteiger partial charge in [-0.15, -0.1) is 0 Å². The summed E-state index contributed by atoms with van der Waals surface area (Å²) in [6.45, 7) is 10.7. The highest BCUT2D eigenvalue weighted by Crippen LogP contribution is 2.30. The van der Waals surface area contributed by atoms with E-state index < -0.39 is 8.32 Å². The molecule has 1 rings (SSSR count). The summed E-state index contributed by atoms with van der Waals surface area (Å²) in [4.78, 5) is 11.6. The van der Waals surface area contributed by atoms with Crippen LogP contribution in [0.1, 0.15) is 41.0 Å². The van der Waals surface area contributed by atoms with Crippen molar-refractivity contribution in [3.63, 3.8) is 0 Å². The van der Waals surface area contributed by atoms with Crippen LogP contribution in [-0.2, 0) is 9.32 Å². The summed E-state index contributed by atoms with van der Waals surface area (Å²) in [6, 6.07) is 3.39. The van der Waals surface area contributed by atoms with Crippen LogP contribution in [0.25, 0.3) is 0 Å². The molecule has 4 heteroatoms. The van der Waals surface area contributed by atoms with Gasteiger partial charge in [0.2, 0.25) is 14.2 Å². The highest BCUT2D eigenvalue weighted by Gasteiger charge is 2.42. The van der Waals surface area contributed by atoms with E-state index in [0.29, 0.717) is 6.42 Å². The molecule has 1 aliphatic rings. The molecule has 0 aromatic carbocycles. The summed E-state index contributed by atoms with van der Waals surface area (Å²) in [6.07, 6.45) is 2.73. The van der Waals surface area contributed by atoms with Gasteiger partial charge in [0.15, 0.2) is 0 Å². The lowest BCUT2D eigenvalue weighted by Crippen LogP contribution is -2.57.